The number of halogens is 4. The van der Waals surface area contributed by atoms with Crippen molar-refractivity contribution in [2.45, 2.75) is 50.9 Å². The molecule has 3 aromatic rings. The molecule has 0 atom stereocenters. The third kappa shape index (κ3) is 4.83. The van der Waals surface area contributed by atoms with Crippen molar-refractivity contribution in [1.82, 2.24) is 10.3 Å². The van der Waals surface area contributed by atoms with Crippen LogP contribution in [0, 0.1) is 6.92 Å². The summed E-state index contributed by atoms with van der Waals surface area (Å²) in [5.74, 6) is -0.204. The predicted octanol–water partition coefficient (Wildman–Crippen LogP) is 6.37. The Bertz CT molecular complexity index is 1140. The van der Waals surface area contributed by atoms with E-state index >= 15 is 0 Å². The number of benzene rings is 2. The molecule has 8 heteroatoms. The van der Waals surface area contributed by atoms with Crippen LogP contribution in [0.25, 0.3) is 10.9 Å². The van der Waals surface area contributed by atoms with Crippen molar-refractivity contribution < 1.29 is 18.0 Å². The van der Waals surface area contributed by atoms with Crippen LogP contribution in [-0.4, -0.2) is 23.0 Å². The summed E-state index contributed by atoms with van der Waals surface area (Å²) in [6.07, 6.45) is -1.61. The van der Waals surface area contributed by atoms with Crippen LogP contribution in [-0.2, 0) is 6.18 Å². The molecule has 0 saturated heterocycles. The number of anilines is 1. The van der Waals surface area contributed by atoms with Gasteiger partial charge in [0.15, 0.2) is 0 Å². The number of aryl methyl sites for hydroxylation is 1. The summed E-state index contributed by atoms with van der Waals surface area (Å²) >= 11 is 6.26. The van der Waals surface area contributed by atoms with Crippen LogP contribution < -0.4 is 10.6 Å². The van der Waals surface area contributed by atoms with E-state index in [4.69, 9.17) is 11.6 Å². The molecule has 1 fully saturated rings. The summed E-state index contributed by atoms with van der Waals surface area (Å²) in [5, 5.41) is 7.43. The third-order valence-corrected chi connectivity index (χ3v) is 6.37. The Labute approximate surface area is 189 Å². The first-order valence-electron chi connectivity index (χ1n) is 10.5. The van der Waals surface area contributed by atoms with Gasteiger partial charge in [-0.25, -0.2) is 4.98 Å². The summed E-state index contributed by atoms with van der Waals surface area (Å²) in [5.41, 5.74) is 1.13. The first kappa shape index (κ1) is 22.4. The average molecular weight is 462 g/mol. The highest BCUT2D eigenvalue weighted by Crippen LogP contribution is 2.34. The van der Waals surface area contributed by atoms with Gasteiger partial charge in [0.1, 0.15) is 5.69 Å². The molecule has 1 aliphatic carbocycles. The van der Waals surface area contributed by atoms with Gasteiger partial charge in [0.2, 0.25) is 0 Å². The Morgan fingerprint density at radius 1 is 1.03 bits per heavy atom. The summed E-state index contributed by atoms with van der Waals surface area (Å²) in [6, 6.07) is 13.2. The van der Waals surface area contributed by atoms with E-state index in [1.165, 1.54) is 0 Å². The normalized spacial score (nSPS) is 19.0. The maximum absolute atomic E-state index is 13.3. The van der Waals surface area contributed by atoms with E-state index < -0.39 is 11.9 Å². The van der Waals surface area contributed by atoms with Crippen LogP contribution in [0.2, 0.25) is 5.02 Å². The zero-order valence-electron chi connectivity index (χ0n) is 17.5. The van der Waals surface area contributed by atoms with Crippen molar-refractivity contribution in [2.24, 2.45) is 0 Å². The minimum absolute atomic E-state index is 0.00273. The van der Waals surface area contributed by atoms with Gasteiger partial charge in [0.25, 0.3) is 5.91 Å². The molecule has 2 aromatic carbocycles. The molecule has 1 aromatic heterocycles. The number of carbonyl (C=O) groups excluding carboxylic acids is 1. The lowest BCUT2D eigenvalue weighted by Crippen LogP contribution is -2.40. The van der Waals surface area contributed by atoms with Gasteiger partial charge in [-0.3, -0.25) is 4.79 Å². The Morgan fingerprint density at radius 2 is 1.72 bits per heavy atom. The first-order chi connectivity index (χ1) is 15.2. The quantitative estimate of drug-likeness (QED) is 0.474. The maximum atomic E-state index is 13.3. The molecule has 32 heavy (non-hydrogen) atoms. The molecule has 1 saturated carbocycles. The minimum atomic E-state index is -4.51. The fraction of sp³-hybridized carbons (Fsp3) is 0.333. The summed E-state index contributed by atoms with van der Waals surface area (Å²) in [6.45, 7) is 1.85. The van der Waals surface area contributed by atoms with Gasteiger partial charge >= 0.3 is 6.18 Å². The van der Waals surface area contributed by atoms with E-state index in [1.54, 1.807) is 36.4 Å². The molecule has 168 valence electrons. The molecule has 0 spiro atoms. The highest BCUT2D eigenvalue weighted by molar-refractivity contribution is 6.34. The number of hydrogen-bond donors (Lipinski definition) is 2. The van der Waals surface area contributed by atoms with E-state index in [0.717, 1.165) is 37.3 Å². The predicted molar refractivity (Wildman–Crippen MR) is 120 cm³/mol. The van der Waals surface area contributed by atoms with Gasteiger partial charge in [0, 0.05) is 23.2 Å². The summed E-state index contributed by atoms with van der Waals surface area (Å²) < 4.78 is 39.9. The Kier molecular flexibility index (Phi) is 6.29. The van der Waals surface area contributed by atoms with Gasteiger partial charge in [-0.15, -0.1) is 0 Å². The number of amides is 1. The van der Waals surface area contributed by atoms with Gasteiger partial charge in [-0.2, -0.15) is 13.2 Å². The lowest BCUT2D eigenvalue weighted by atomic mass is 9.90. The second-order valence-electron chi connectivity index (χ2n) is 8.17. The van der Waals surface area contributed by atoms with E-state index in [9.17, 15) is 18.0 Å². The van der Waals surface area contributed by atoms with Crippen LogP contribution >= 0.6 is 11.6 Å². The minimum Gasteiger partial charge on any atom is -0.382 e. The fourth-order valence-electron chi connectivity index (χ4n) is 4.13. The average Bonchev–Trinajstić information content (AvgIpc) is 2.76. The molecule has 4 nitrogen and oxygen atoms in total. The van der Waals surface area contributed by atoms with E-state index in [0.29, 0.717) is 27.2 Å². The number of rotatable bonds is 4. The number of carbonyl (C=O) groups is 1. The highest BCUT2D eigenvalue weighted by Gasteiger charge is 2.34. The highest BCUT2D eigenvalue weighted by atomic mass is 35.5. The molecule has 0 unspecified atom stereocenters. The molecule has 4 rings (SSSR count). The van der Waals surface area contributed by atoms with E-state index in [2.05, 4.69) is 15.6 Å². The zero-order chi connectivity index (χ0) is 22.9. The van der Waals surface area contributed by atoms with Crippen LogP contribution in [0.5, 0.6) is 0 Å². The van der Waals surface area contributed by atoms with Crippen LogP contribution in [0.15, 0.2) is 48.5 Å². The lowest BCUT2D eigenvalue weighted by Gasteiger charge is -2.31. The molecule has 2 N–H and O–H groups in total. The fourth-order valence-corrected chi connectivity index (χ4v) is 4.34. The number of aromatic nitrogens is 1. The van der Waals surface area contributed by atoms with Gasteiger partial charge in [-0.1, -0.05) is 41.9 Å². The SMILES string of the molecule is Cc1cccc(C(=O)NC2CCC(Nc3cc(C(F)(F)F)nc4ccccc34)CC2)c1Cl. The number of para-hydroxylation sites is 1. The van der Waals surface area contributed by atoms with Crippen molar-refractivity contribution in [1.29, 1.82) is 0 Å². The zero-order valence-corrected chi connectivity index (χ0v) is 18.2. The van der Waals surface area contributed by atoms with E-state index in [1.807, 2.05) is 13.0 Å². The molecule has 1 amide bonds. The largest absolute Gasteiger partial charge is 0.433 e. The molecular formula is C24H23ClF3N3O. The Morgan fingerprint density at radius 3 is 2.44 bits per heavy atom. The molecule has 1 aliphatic rings. The van der Waals surface area contributed by atoms with Crippen molar-refractivity contribution >= 4 is 34.1 Å². The van der Waals surface area contributed by atoms with Gasteiger partial charge in [0.05, 0.1) is 16.1 Å². The molecule has 0 radical (unpaired) electrons. The first-order valence-corrected chi connectivity index (χ1v) is 10.9. The van der Waals surface area contributed by atoms with Crippen LogP contribution in [0.3, 0.4) is 0 Å². The monoisotopic (exact) mass is 461 g/mol. The summed E-state index contributed by atoms with van der Waals surface area (Å²) in [4.78, 5) is 16.4. The van der Waals surface area contributed by atoms with Crippen molar-refractivity contribution in [2.75, 3.05) is 5.32 Å². The third-order valence-electron chi connectivity index (χ3n) is 5.87. The number of nitrogens with zero attached hydrogens (tertiary/aromatic N) is 1. The van der Waals surface area contributed by atoms with E-state index in [-0.39, 0.29) is 18.0 Å². The maximum Gasteiger partial charge on any atom is 0.433 e. The molecular weight excluding hydrogens is 439 g/mol. The van der Waals surface area contributed by atoms with Crippen molar-refractivity contribution in [3.05, 3.63) is 70.4 Å². The number of hydrogen-bond acceptors (Lipinski definition) is 3. The van der Waals surface area contributed by atoms with Crippen LogP contribution in [0.4, 0.5) is 18.9 Å². The molecule has 0 bridgehead atoms. The smallest absolute Gasteiger partial charge is 0.382 e. The lowest BCUT2D eigenvalue weighted by molar-refractivity contribution is -0.140. The topological polar surface area (TPSA) is 54.0 Å². The number of fused-ring (bicyclic) bond motifs is 1. The van der Waals surface area contributed by atoms with Crippen molar-refractivity contribution in [3.8, 4) is 0 Å². The Balaban J connectivity index is 1.43. The molecule has 0 aliphatic heterocycles. The van der Waals surface area contributed by atoms with Crippen molar-refractivity contribution in [3.63, 3.8) is 0 Å². The standard InChI is InChI=1S/C24H23ClF3N3O/c1-14-5-4-7-18(22(14)25)23(32)30-16-11-9-15(10-12-16)29-20-13-21(24(26,27)28)31-19-8-3-2-6-17(19)20/h2-8,13,15-16H,9-12H2,1H3,(H,29,31)(H,30,32). The van der Waals surface area contributed by atoms with Crippen LogP contribution in [0.1, 0.15) is 47.3 Å². The number of nitrogens with one attached hydrogen (secondary N) is 2. The van der Waals surface area contributed by atoms with Gasteiger partial charge in [-0.05, 0) is 56.4 Å². The second-order valence-corrected chi connectivity index (χ2v) is 8.55. The second kappa shape index (κ2) is 8.98. The summed E-state index contributed by atoms with van der Waals surface area (Å²) in [7, 11) is 0. The number of alkyl halides is 3. The number of pyridine rings is 1. The van der Waals surface area contributed by atoms with Gasteiger partial charge < -0.3 is 10.6 Å². The Hall–Kier alpha value is -2.80. The molecule has 1 heterocycles.